The molecule has 0 aliphatic heterocycles. The second-order valence-electron chi connectivity index (χ2n) is 3.40. The van der Waals surface area contributed by atoms with Crippen LogP contribution in [0.15, 0.2) is 41.3 Å². The Morgan fingerprint density at radius 3 is 2.71 bits per heavy atom. The fourth-order valence-corrected chi connectivity index (χ4v) is 3.37. The molecule has 0 amide bonds. The topological polar surface area (TPSA) is 20.2 Å². The Bertz CT molecular complexity index is 501. The van der Waals surface area contributed by atoms with E-state index in [0.29, 0.717) is 15.0 Å². The van der Waals surface area contributed by atoms with E-state index in [1.807, 2.05) is 0 Å². The molecular formula is C12H10ClFOS2. The molecule has 0 radical (unpaired) electrons. The zero-order valence-corrected chi connectivity index (χ0v) is 11.2. The minimum absolute atomic E-state index is 0.256. The number of hydrogen-bond donors (Lipinski definition) is 1. The first kappa shape index (κ1) is 12.9. The normalized spacial score (nSPS) is 12.6. The van der Waals surface area contributed by atoms with E-state index in [1.165, 1.54) is 29.2 Å². The SMILES string of the molecule is OC(CSc1ccccc1F)c1ccc(Cl)s1. The maximum Gasteiger partial charge on any atom is 0.136 e. The number of aliphatic hydroxyl groups is 1. The van der Waals surface area contributed by atoms with E-state index in [9.17, 15) is 9.50 Å². The van der Waals surface area contributed by atoms with Crippen molar-refractivity contribution in [2.45, 2.75) is 11.0 Å². The van der Waals surface area contributed by atoms with Gasteiger partial charge in [0.05, 0.1) is 10.4 Å². The van der Waals surface area contributed by atoms with E-state index in [2.05, 4.69) is 0 Å². The molecule has 0 aliphatic rings. The summed E-state index contributed by atoms with van der Waals surface area (Å²) in [4.78, 5) is 1.35. The Kier molecular flexibility index (Phi) is 4.45. The summed E-state index contributed by atoms with van der Waals surface area (Å²) in [5.41, 5.74) is 0. The number of aliphatic hydroxyl groups excluding tert-OH is 1. The van der Waals surface area contributed by atoms with Crippen molar-refractivity contribution in [1.82, 2.24) is 0 Å². The quantitative estimate of drug-likeness (QED) is 0.843. The number of thioether (sulfide) groups is 1. The van der Waals surface area contributed by atoms with Gasteiger partial charge in [-0.2, -0.15) is 0 Å². The lowest BCUT2D eigenvalue weighted by molar-refractivity contribution is 0.208. The second-order valence-corrected chi connectivity index (χ2v) is 6.21. The molecule has 1 N–H and O–H groups in total. The van der Waals surface area contributed by atoms with E-state index in [-0.39, 0.29) is 5.82 Å². The molecule has 0 spiro atoms. The molecule has 1 heterocycles. The van der Waals surface area contributed by atoms with Crippen LogP contribution >= 0.6 is 34.7 Å². The van der Waals surface area contributed by atoms with Crippen LogP contribution in [0.1, 0.15) is 11.0 Å². The molecule has 0 aliphatic carbocycles. The Morgan fingerprint density at radius 2 is 2.06 bits per heavy atom. The van der Waals surface area contributed by atoms with Crippen LogP contribution in [0, 0.1) is 5.82 Å². The van der Waals surface area contributed by atoms with Crippen molar-refractivity contribution in [3.05, 3.63) is 51.4 Å². The van der Waals surface area contributed by atoms with Gasteiger partial charge in [-0.3, -0.25) is 0 Å². The van der Waals surface area contributed by atoms with Gasteiger partial charge < -0.3 is 5.11 Å². The standard InChI is InChI=1S/C12H10ClFOS2/c13-12-6-5-11(17-12)9(15)7-16-10-4-2-1-3-8(10)14/h1-6,9,15H,7H2. The summed E-state index contributed by atoms with van der Waals surface area (Å²) in [7, 11) is 0. The monoisotopic (exact) mass is 288 g/mol. The lowest BCUT2D eigenvalue weighted by Crippen LogP contribution is -1.98. The summed E-state index contributed by atoms with van der Waals surface area (Å²) in [6, 6.07) is 10.1. The van der Waals surface area contributed by atoms with Crippen LogP contribution in [0.3, 0.4) is 0 Å². The van der Waals surface area contributed by atoms with Crippen LogP contribution in [-0.2, 0) is 0 Å². The molecular weight excluding hydrogens is 279 g/mol. The Balaban J connectivity index is 1.97. The average molecular weight is 289 g/mol. The van der Waals surface area contributed by atoms with Gasteiger partial charge in [0.2, 0.25) is 0 Å². The minimum atomic E-state index is -0.614. The highest BCUT2D eigenvalue weighted by Crippen LogP contribution is 2.31. The maximum atomic E-state index is 13.3. The summed E-state index contributed by atoms with van der Waals surface area (Å²) in [6.45, 7) is 0. The summed E-state index contributed by atoms with van der Waals surface area (Å²) < 4.78 is 14.0. The van der Waals surface area contributed by atoms with Crippen LogP contribution in [0.5, 0.6) is 0 Å². The molecule has 90 valence electrons. The van der Waals surface area contributed by atoms with Gasteiger partial charge in [0.25, 0.3) is 0 Å². The molecule has 0 bridgehead atoms. The first-order valence-corrected chi connectivity index (χ1v) is 7.15. The molecule has 1 unspecified atom stereocenters. The van der Waals surface area contributed by atoms with Gasteiger partial charge in [-0.05, 0) is 24.3 Å². The molecule has 17 heavy (non-hydrogen) atoms. The lowest BCUT2D eigenvalue weighted by Gasteiger charge is -2.08. The Morgan fingerprint density at radius 1 is 1.29 bits per heavy atom. The van der Waals surface area contributed by atoms with Crippen molar-refractivity contribution in [3.63, 3.8) is 0 Å². The highest BCUT2D eigenvalue weighted by atomic mass is 35.5. The molecule has 1 aromatic heterocycles. The largest absolute Gasteiger partial charge is 0.387 e. The van der Waals surface area contributed by atoms with E-state index in [1.54, 1.807) is 30.3 Å². The van der Waals surface area contributed by atoms with Crippen molar-refractivity contribution in [3.8, 4) is 0 Å². The van der Waals surface area contributed by atoms with E-state index in [4.69, 9.17) is 11.6 Å². The zero-order valence-electron chi connectivity index (χ0n) is 8.77. The van der Waals surface area contributed by atoms with E-state index >= 15 is 0 Å². The third-order valence-corrected chi connectivity index (χ3v) is 4.61. The summed E-state index contributed by atoms with van der Waals surface area (Å²) >= 11 is 8.43. The third kappa shape index (κ3) is 3.45. The van der Waals surface area contributed by atoms with Gasteiger partial charge in [0, 0.05) is 15.5 Å². The molecule has 1 aromatic carbocycles. The fourth-order valence-electron chi connectivity index (χ4n) is 1.32. The number of benzene rings is 1. The molecule has 5 heteroatoms. The lowest BCUT2D eigenvalue weighted by atomic mass is 10.3. The van der Waals surface area contributed by atoms with Crippen LogP contribution in [0.2, 0.25) is 4.34 Å². The molecule has 1 nitrogen and oxygen atoms in total. The molecule has 1 atom stereocenters. The first-order chi connectivity index (χ1) is 8.16. The summed E-state index contributed by atoms with van der Waals surface area (Å²) in [5.74, 6) is 0.159. The predicted molar refractivity (Wildman–Crippen MR) is 71.4 cm³/mol. The molecule has 2 aromatic rings. The fraction of sp³-hybridized carbons (Fsp3) is 0.167. The van der Waals surface area contributed by atoms with E-state index < -0.39 is 6.10 Å². The van der Waals surface area contributed by atoms with Crippen molar-refractivity contribution in [2.75, 3.05) is 5.75 Å². The van der Waals surface area contributed by atoms with Gasteiger partial charge in [0.15, 0.2) is 0 Å². The Labute approximate surface area is 112 Å². The highest BCUT2D eigenvalue weighted by molar-refractivity contribution is 7.99. The first-order valence-electron chi connectivity index (χ1n) is 4.97. The van der Waals surface area contributed by atoms with Crippen molar-refractivity contribution >= 4 is 34.7 Å². The molecule has 0 saturated heterocycles. The van der Waals surface area contributed by atoms with Crippen molar-refractivity contribution in [2.24, 2.45) is 0 Å². The van der Waals surface area contributed by atoms with Gasteiger partial charge in [0.1, 0.15) is 5.82 Å². The zero-order chi connectivity index (χ0) is 12.3. The predicted octanol–water partition coefficient (Wildman–Crippen LogP) is 4.37. The van der Waals surface area contributed by atoms with Crippen LogP contribution < -0.4 is 0 Å². The van der Waals surface area contributed by atoms with Crippen LogP contribution in [-0.4, -0.2) is 10.9 Å². The number of hydrogen-bond acceptors (Lipinski definition) is 3. The van der Waals surface area contributed by atoms with Crippen LogP contribution in [0.4, 0.5) is 4.39 Å². The third-order valence-electron chi connectivity index (χ3n) is 2.16. The minimum Gasteiger partial charge on any atom is -0.387 e. The van der Waals surface area contributed by atoms with Gasteiger partial charge in [-0.15, -0.1) is 23.1 Å². The Hall–Kier alpha value is -0.550. The molecule has 2 rings (SSSR count). The van der Waals surface area contributed by atoms with Crippen molar-refractivity contribution < 1.29 is 9.50 Å². The molecule has 0 saturated carbocycles. The average Bonchev–Trinajstić information content (AvgIpc) is 2.74. The molecule has 0 fully saturated rings. The van der Waals surface area contributed by atoms with Crippen LogP contribution in [0.25, 0.3) is 0 Å². The van der Waals surface area contributed by atoms with Gasteiger partial charge in [-0.1, -0.05) is 23.7 Å². The summed E-state index contributed by atoms with van der Waals surface area (Å²) in [6.07, 6.45) is -0.614. The number of thiophene rings is 1. The summed E-state index contributed by atoms with van der Waals surface area (Å²) in [5, 5.41) is 9.89. The number of rotatable bonds is 4. The maximum absolute atomic E-state index is 13.3. The van der Waals surface area contributed by atoms with Gasteiger partial charge >= 0.3 is 0 Å². The second kappa shape index (κ2) is 5.87. The van der Waals surface area contributed by atoms with Crippen molar-refractivity contribution in [1.29, 1.82) is 0 Å². The van der Waals surface area contributed by atoms with Gasteiger partial charge in [-0.25, -0.2) is 4.39 Å². The van der Waals surface area contributed by atoms with E-state index in [0.717, 1.165) is 4.88 Å². The smallest absolute Gasteiger partial charge is 0.136 e. The number of halogens is 2. The highest BCUT2D eigenvalue weighted by Gasteiger charge is 2.11.